The highest BCUT2D eigenvalue weighted by atomic mass is 35.5. The van der Waals surface area contributed by atoms with E-state index in [-0.39, 0.29) is 6.61 Å². The van der Waals surface area contributed by atoms with Crippen LogP contribution in [0.2, 0.25) is 10.0 Å². The highest BCUT2D eigenvalue weighted by molar-refractivity contribution is 6.32. The molecule has 0 unspecified atom stereocenters. The largest absolute Gasteiger partial charge is 0.495 e. The van der Waals surface area contributed by atoms with Gasteiger partial charge in [0, 0.05) is 10.7 Å². The van der Waals surface area contributed by atoms with Gasteiger partial charge in [-0.3, -0.25) is 9.59 Å². The standard InChI is InChI=1S/C19H17Cl2NO4/c1-25-16-7-6-14(10-15(16)21)22-17(23)11-26-18(24)19(8-9-19)12-2-4-13(20)5-3-12/h2-7,10H,8-9,11H2,1H3,(H,22,23). The molecule has 1 fully saturated rings. The van der Waals surface area contributed by atoms with Gasteiger partial charge in [0.25, 0.3) is 5.91 Å². The molecule has 26 heavy (non-hydrogen) atoms. The summed E-state index contributed by atoms with van der Waals surface area (Å²) in [6.07, 6.45) is 1.40. The topological polar surface area (TPSA) is 64.6 Å². The number of esters is 1. The van der Waals surface area contributed by atoms with Crippen LogP contribution in [0.5, 0.6) is 5.75 Å². The van der Waals surface area contributed by atoms with Gasteiger partial charge >= 0.3 is 5.97 Å². The molecule has 136 valence electrons. The maximum absolute atomic E-state index is 12.4. The van der Waals surface area contributed by atoms with Gasteiger partial charge in [0.05, 0.1) is 17.5 Å². The van der Waals surface area contributed by atoms with Crippen LogP contribution in [0, 0.1) is 0 Å². The van der Waals surface area contributed by atoms with Gasteiger partial charge in [-0.15, -0.1) is 0 Å². The fraction of sp³-hybridized carbons (Fsp3) is 0.263. The first kappa shape index (κ1) is 18.5. The van der Waals surface area contributed by atoms with Crippen LogP contribution in [0.1, 0.15) is 18.4 Å². The normalized spacial score (nSPS) is 14.4. The van der Waals surface area contributed by atoms with Crippen molar-refractivity contribution in [1.82, 2.24) is 0 Å². The van der Waals surface area contributed by atoms with E-state index in [1.165, 1.54) is 7.11 Å². The molecule has 1 aliphatic rings. The summed E-state index contributed by atoms with van der Waals surface area (Å²) in [5.74, 6) is -0.330. The Labute approximate surface area is 161 Å². The number of carbonyl (C=O) groups is 2. The zero-order valence-electron chi connectivity index (χ0n) is 14.1. The Morgan fingerprint density at radius 1 is 1.12 bits per heavy atom. The number of halogens is 2. The first-order chi connectivity index (χ1) is 12.4. The predicted octanol–water partition coefficient (Wildman–Crippen LogP) is 4.22. The van der Waals surface area contributed by atoms with Crippen LogP contribution in [-0.4, -0.2) is 25.6 Å². The highest BCUT2D eigenvalue weighted by Gasteiger charge is 2.52. The third kappa shape index (κ3) is 3.94. The number of hydrogen-bond acceptors (Lipinski definition) is 4. The third-order valence-corrected chi connectivity index (χ3v) is 4.85. The lowest BCUT2D eigenvalue weighted by Crippen LogP contribution is -2.28. The SMILES string of the molecule is COc1ccc(NC(=O)COC(=O)C2(c3ccc(Cl)cc3)CC2)cc1Cl. The molecule has 0 radical (unpaired) electrons. The maximum atomic E-state index is 12.4. The molecule has 3 rings (SSSR count). The summed E-state index contributed by atoms with van der Waals surface area (Å²) < 4.78 is 10.3. The molecule has 1 aliphatic carbocycles. The molecule has 0 aliphatic heterocycles. The van der Waals surface area contributed by atoms with Crippen molar-refractivity contribution in [2.24, 2.45) is 0 Å². The summed E-state index contributed by atoms with van der Waals surface area (Å²) in [5.41, 5.74) is 0.693. The van der Waals surface area contributed by atoms with Crippen LogP contribution in [0.3, 0.4) is 0 Å². The van der Waals surface area contributed by atoms with Crippen molar-refractivity contribution in [1.29, 1.82) is 0 Å². The summed E-state index contributed by atoms with van der Waals surface area (Å²) in [7, 11) is 1.51. The molecule has 0 atom stereocenters. The second-order valence-electron chi connectivity index (χ2n) is 6.06. The van der Waals surface area contributed by atoms with Crippen molar-refractivity contribution in [3.05, 3.63) is 58.1 Å². The molecule has 0 bridgehead atoms. The molecule has 5 nitrogen and oxygen atoms in total. The molecule has 2 aromatic carbocycles. The summed E-state index contributed by atoms with van der Waals surface area (Å²) >= 11 is 11.9. The Morgan fingerprint density at radius 2 is 1.81 bits per heavy atom. The number of rotatable bonds is 6. The number of nitrogens with one attached hydrogen (secondary N) is 1. The quantitative estimate of drug-likeness (QED) is 0.746. The van der Waals surface area contributed by atoms with Crippen LogP contribution in [0.15, 0.2) is 42.5 Å². The predicted molar refractivity (Wildman–Crippen MR) is 100.0 cm³/mol. The minimum absolute atomic E-state index is 0.363. The molecule has 1 N–H and O–H groups in total. The van der Waals surface area contributed by atoms with E-state index < -0.39 is 17.3 Å². The molecule has 0 heterocycles. The monoisotopic (exact) mass is 393 g/mol. The molecule has 0 saturated heterocycles. The Hall–Kier alpha value is -2.24. The fourth-order valence-electron chi connectivity index (χ4n) is 2.72. The smallest absolute Gasteiger partial charge is 0.317 e. The van der Waals surface area contributed by atoms with Gasteiger partial charge in [-0.1, -0.05) is 35.3 Å². The number of ether oxygens (including phenoxy) is 2. The molecular formula is C19H17Cl2NO4. The molecule has 2 aromatic rings. The van der Waals surface area contributed by atoms with Gasteiger partial charge in [-0.25, -0.2) is 0 Å². The summed E-state index contributed by atoms with van der Waals surface area (Å²) in [6.45, 7) is -0.363. The molecule has 7 heteroatoms. The zero-order chi connectivity index (χ0) is 18.7. The van der Waals surface area contributed by atoms with E-state index in [2.05, 4.69) is 5.32 Å². The fourth-order valence-corrected chi connectivity index (χ4v) is 3.10. The van der Waals surface area contributed by atoms with Crippen molar-refractivity contribution >= 4 is 40.8 Å². The Balaban J connectivity index is 1.57. The second kappa shape index (κ2) is 7.56. The van der Waals surface area contributed by atoms with Crippen molar-refractivity contribution in [3.8, 4) is 5.75 Å². The first-order valence-corrected chi connectivity index (χ1v) is 8.77. The third-order valence-electron chi connectivity index (χ3n) is 4.31. The number of methoxy groups -OCH3 is 1. The van der Waals surface area contributed by atoms with Crippen molar-refractivity contribution in [2.45, 2.75) is 18.3 Å². The van der Waals surface area contributed by atoms with E-state index >= 15 is 0 Å². The van der Waals surface area contributed by atoms with Crippen LogP contribution in [-0.2, 0) is 19.7 Å². The minimum atomic E-state index is -0.658. The average Bonchev–Trinajstić information content (AvgIpc) is 3.42. The van der Waals surface area contributed by atoms with E-state index in [1.54, 1.807) is 30.3 Å². The molecule has 0 spiro atoms. The lowest BCUT2D eigenvalue weighted by atomic mass is 9.96. The van der Waals surface area contributed by atoms with Gasteiger partial charge in [-0.2, -0.15) is 0 Å². The zero-order valence-corrected chi connectivity index (χ0v) is 15.6. The van der Waals surface area contributed by atoms with Crippen molar-refractivity contribution < 1.29 is 19.1 Å². The summed E-state index contributed by atoms with van der Waals surface area (Å²) in [6, 6.07) is 12.0. The van der Waals surface area contributed by atoms with E-state index in [1.807, 2.05) is 12.1 Å². The number of amides is 1. The van der Waals surface area contributed by atoms with Gasteiger partial charge in [0.2, 0.25) is 0 Å². The lowest BCUT2D eigenvalue weighted by molar-refractivity contribution is -0.150. The number of benzene rings is 2. The lowest BCUT2D eigenvalue weighted by Gasteiger charge is -2.15. The number of carbonyl (C=O) groups excluding carboxylic acids is 2. The van der Waals surface area contributed by atoms with Crippen LogP contribution in [0.4, 0.5) is 5.69 Å². The number of hydrogen-bond donors (Lipinski definition) is 1. The Kier molecular flexibility index (Phi) is 5.39. The minimum Gasteiger partial charge on any atom is -0.495 e. The van der Waals surface area contributed by atoms with E-state index in [4.69, 9.17) is 32.7 Å². The molecule has 1 saturated carbocycles. The molecular weight excluding hydrogens is 377 g/mol. The molecule has 0 aromatic heterocycles. The molecule has 1 amide bonds. The van der Waals surface area contributed by atoms with Gasteiger partial charge in [0.15, 0.2) is 6.61 Å². The summed E-state index contributed by atoms with van der Waals surface area (Å²) in [5, 5.41) is 3.62. The van der Waals surface area contributed by atoms with Crippen LogP contribution < -0.4 is 10.1 Å². The Bertz CT molecular complexity index is 832. The van der Waals surface area contributed by atoms with Gasteiger partial charge < -0.3 is 14.8 Å². The highest BCUT2D eigenvalue weighted by Crippen LogP contribution is 2.49. The maximum Gasteiger partial charge on any atom is 0.317 e. The van der Waals surface area contributed by atoms with E-state index in [0.717, 1.165) is 5.56 Å². The van der Waals surface area contributed by atoms with Crippen molar-refractivity contribution in [2.75, 3.05) is 19.0 Å². The van der Waals surface area contributed by atoms with E-state index in [9.17, 15) is 9.59 Å². The van der Waals surface area contributed by atoms with Gasteiger partial charge in [-0.05, 0) is 48.7 Å². The van der Waals surface area contributed by atoms with Crippen LogP contribution in [0.25, 0.3) is 0 Å². The van der Waals surface area contributed by atoms with Gasteiger partial charge in [0.1, 0.15) is 5.75 Å². The first-order valence-electron chi connectivity index (χ1n) is 8.01. The number of anilines is 1. The average molecular weight is 394 g/mol. The Morgan fingerprint density at radius 3 is 2.38 bits per heavy atom. The van der Waals surface area contributed by atoms with Crippen LogP contribution >= 0.6 is 23.2 Å². The summed E-state index contributed by atoms with van der Waals surface area (Å²) in [4.78, 5) is 24.5. The second-order valence-corrected chi connectivity index (χ2v) is 6.91. The van der Waals surface area contributed by atoms with Crippen molar-refractivity contribution in [3.63, 3.8) is 0 Å². The van der Waals surface area contributed by atoms with E-state index in [0.29, 0.717) is 34.3 Å².